The molecule has 1 atom stereocenters. The van der Waals surface area contributed by atoms with Gasteiger partial charge < -0.3 is 14.4 Å². The number of aromatic nitrogens is 2. The van der Waals surface area contributed by atoms with Gasteiger partial charge in [-0.3, -0.25) is 9.48 Å². The lowest BCUT2D eigenvalue weighted by molar-refractivity contribution is -0.182. The molecular weight excluding hydrogens is 294 g/mol. The zero-order chi connectivity index (χ0) is 15.9. The van der Waals surface area contributed by atoms with Crippen LogP contribution in [0.3, 0.4) is 0 Å². The number of amides is 1. The fraction of sp³-hybridized carbons (Fsp3) is 0.529. The third-order valence-electron chi connectivity index (χ3n) is 4.93. The van der Waals surface area contributed by atoms with Crippen molar-refractivity contribution in [2.24, 2.45) is 5.41 Å². The molecule has 2 fully saturated rings. The highest BCUT2D eigenvalue weighted by atomic mass is 16.5. The standard InChI is InChI=1S/C17H21N3O3/c1-22-10-17(11-23-12-17)16(21)19-7-6-14(9-19)20-15-5-3-2-4-13(15)8-18-20/h2-5,8,14H,6-7,9-12H2,1H3. The molecule has 0 spiro atoms. The van der Waals surface area contributed by atoms with E-state index in [1.807, 2.05) is 23.2 Å². The van der Waals surface area contributed by atoms with Gasteiger partial charge in [-0.15, -0.1) is 0 Å². The first kappa shape index (κ1) is 14.7. The number of benzene rings is 1. The maximum absolute atomic E-state index is 12.9. The molecule has 0 N–H and O–H groups in total. The SMILES string of the molecule is COCC1(C(=O)N2CCC(n3ncc4ccccc43)C2)COC1. The molecule has 2 aliphatic heterocycles. The Labute approximate surface area is 135 Å². The Hall–Kier alpha value is -1.92. The van der Waals surface area contributed by atoms with Crippen molar-refractivity contribution in [3.8, 4) is 0 Å². The maximum Gasteiger partial charge on any atom is 0.235 e. The fourth-order valence-electron chi connectivity index (χ4n) is 3.64. The molecule has 6 heteroatoms. The summed E-state index contributed by atoms with van der Waals surface area (Å²) in [5, 5.41) is 5.67. The van der Waals surface area contributed by atoms with Crippen molar-refractivity contribution in [1.29, 1.82) is 0 Å². The molecule has 1 aromatic carbocycles. The average molecular weight is 315 g/mol. The average Bonchev–Trinajstić information content (AvgIpc) is 3.16. The van der Waals surface area contributed by atoms with E-state index < -0.39 is 5.41 Å². The molecule has 23 heavy (non-hydrogen) atoms. The van der Waals surface area contributed by atoms with Crippen LogP contribution < -0.4 is 0 Å². The van der Waals surface area contributed by atoms with Crippen LogP contribution in [0.5, 0.6) is 0 Å². The molecule has 0 bridgehead atoms. The predicted octanol–water partition coefficient (Wildman–Crippen LogP) is 1.47. The number of hydrogen-bond acceptors (Lipinski definition) is 4. The molecule has 2 aliphatic rings. The molecule has 4 rings (SSSR count). The van der Waals surface area contributed by atoms with Crippen LogP contribution in [0.15, 0.2) is 30.5 Å². The second-order valence-electron chi connectivity index (χ2n) is 6.55. The summed E-state index contributed by atoms with van der Waals surface area (Å²) in [6.45, 7) is 2.83. The first-order valence-corrected chi connectivity index (χ1v) is 8.02. The van der Waals surface area contributed by atoms with E-state index in [1.54, 1.807) is 7.11 Å². The lowest BCUT2D eigenvalue weighted by Gasteiger charge is -2.41. The van der Waals surface area contributed by atoms with Gasteiger partial charge in [0.15, 0.2) is 0 Å². The third-order valence-corrected chi connectivity index (χ3v) is 4.93. The smallest absolute Gasteiger partial charge is 0.235 e. The summed E-state index contributed by atoms with van der Waals surface area (Å²) >= 11 is 0. The number of ether oxygens (including phenoxy) is 2. The number of methoxy groups -OCH3 is 1. The summed E-state index contributed by atoms with van der Waals surface area (Å²) in [4.78, 5) is 14.8. The quantitative estimate of drug-likeness (QED) is 0.857. The molecule has 1 unspecified atom stereocenters. The van der Waals surface area contributed by atoms with E-state index in [2.05, 4.69) is 21.9 Å². The number of nitrogens with zero attached hydrogens (tertiary/aromatic N) is 3. The number of likely N-dealkylation sites (tertiary alicyclic amines) is 1. The van der Waals surface area contributed by atoms with E-state index in [1.165, 1.54) is 0 Å². The number of hydrogen-bond donors (Lipinski definition) is 0. The number of carbonyl (C=O) groups is 1. The Morgan fingerprint density at radius 1 is 1.43 bits per heavy atom. The summed E-state index contributed by atoms with van der Waals surface area (Å²) in [7, 11) is 1.63. The first-order chi connectivity index (χ1) is 11.2. The summed E-state index contributed by atoms with van der Waals surface area (Å²) in [5.74, 6) is 0.157. The molecule has 2 saturated heterocycles. The van der Waals surface area contributed by atoms with Gasteiger partial charge >= 0.3 is 0 Å². The molecule has 0 radical (unpaired) electrons. The Bertz CT molecular complexity index is 723. The largest absolute Gasteiger partial charge is 0.383 e. The van der Waals surface area contributed by atoms with Gasteiger partial charge in [-0.05, 0) is 12.5 Å². The number of rotatable bonds is 4. The van der Waals surface area contributed by atoms with Crippen molar-refractivity contribution in [1.82, 2.24) is 14.7 Å². The van der Waals surface area contributed by atoms with Gasteiger partial charge in [0, 0.05) is 25.6 Å². The van der Waals surface area contributed by atoms with Gasteiger partial charge in [0.2, 0.25) is 5.91 Å². The van der Waals surface area contributed by atoms with Crippen molar-refractivity contribution in [3.05, 3.63) is 30.5 Å². The Kier molecular flexibility index (Phi) is 3.58. The first-order valence-electron chi connectivity index (χ1n) is 8.02. The lowest BCUT2D eigenvalue weighted by Crippen LogP contribution is -2.57. The van der Waals surface area contributed by atoms with E-state index in [-0.39, 0.29) is 11.9 Å². The highest BCUT2D eigenvalue weighted by molar-refractivity contribution is 5.84. The van der Waals surface area contributed by atoms with Crippen molar-refractivity contribution >= 4 is 16.8 Å². The Morgan fingerprint density at radius 2 is 2.26 bits per heavy atom. The summed E-state index contributed by atoms with van der Waals surface area (Å²) in [6.07, 6.45) is 2.83. The van der Waals surface area contributed by atoms with Gasteiger partial charge in [0.1, 0.15) is 5.41 Å². The highest BCUT2D eigenvalue weighted by Gasteiger charge is 2.49. The van der Waals surface area contributed by atoms with Gasteiger partial charge in [-0.2, -0.15) is 5.10 Å². The second-order valence-corrected chi connectivity index (χ2v) is 6.55. The zero-order valence-electron chi connectivity index (χ0n) is 13.3. The molecule has 122 valence electrons. The second kappa shape index (κ2) is 5.62. The Balaban J connectivity index is 1.52. The van der Waals surface area contributed by atoms with Gasteiger partial charge in [-0.1, -0.05) is 18.2 Å². The molecule has 0 aliphatic carbocycles. The Morgan fingerprint density at radius 3 is 3.00 bits per heavy atom. The number of para-hydroxylation sites is 1. The van der Waals surface area contributed by atoms with E-state index in [4.69, 9.17) is 9.47 Å². The van der Waals surface area contributed by atoms with Crippen LogP contribution in [0, 0.1) is 5.41 Å². The minimum absolute atomic E-state index is 0.157. The highest BCUT2D eigenvalue weighted by Crippen LogP contribution is 2.34. The van der Waals surface area contributed by atoms with E-state index in [0.717, 1.165) is 23.9 Å². The van der Waals surface area contributed by atoms with Crippen LogP contribution in [0.4, 0.5) is 0 Å². The fourth-order valence-corrected chi connectivity index (χ4v) is 3.64. The molecule has 2 aromatic rings. The van der Waals surface area contributed by atoms with Gasteiger partial charge in [0.25, 0.3) is 0 Å². The number of carbonyl (C=O) groups excluding carboxylic acids is 1. The van der Waals surface area contributed by atoms with Crippen molar-refractivity contribution in [2.45, 2.75) is 12.5 Å². The molecule has 6 nitrogen and oxygen atoms in total. The van der Waals surface area contributed by atoms with Gasteiger partial charge in [-0.25, -0.2) is 0 Å². The summed E-state index contributed by atoms with van der Waals surface area (Å²) < 4.78 is 12.6. The minimum Gasteiger partial charge on any atom is -0.383 e. The van der Waals surface area contributed by atoms with Crippen LogP contribution in [0.2, 0.25) is 0 Å². The molecular formula is C17H21N3O3. The van der Waals surface area contributed by atoms with E-state index in [9.17, 15) is 4.79 Å². The maximum atomic E-state index is 12.9. The van der Waals surface area contributed by atoms with Crippen molar-refractivity contribution in [3.63, 3.8) is 0 Å². The summed E-state index contributed by atoms with van der Waals surface area (Å²) in [6, 6.07) is 8.43. The molecule has 0 saturated carbocycles. The van der Waals surface area contributed by atoms with E-state index in [0.29, 0.717) is 26.4 Å². The van der Waals surface area contributed by atoms with Gasteiger partial charge in [0.05, 0.1) is 37.6 Å². The van der Waals surface area contributed by atoms with Crippen LogP contribution in [-0.2, 0) is 14.3 Å². The van der Waals surface area contributed by atoms with E-state index >= 15 is 0 Å². The minimum atomic E-state index is -0.476. The summed E-state index contributed by atoms with van der Waals surface area (Å²) in [5.41, 5.74) is 0.654. The molecule has 3 heterocycles. The van der Waals surface area contributed by atoms with Crippen LogP contribution in [0.25, 0.3) is 10.9 Å². The van der Waals surface area contributed by atoms with Crippen molar-refractivity contribution in [2.75, 3.05) is 40.0 Å². The zero-order valence-corrected chi connectivity index (χ0v) is 13.3. The lowest BCUT2D eigenvalue weighted by atomic mass is 9.85. The van der Waals surface area contributed by atoms with Crippen molar-refractivity contribution < 1.29 is 14.3 Å². The predicted molar refractivity (Wildman–Crippen MR) is 85.1 cm³/mol. The number of fused-ring (bicyclic) bond motifs is 1. The van der Waals surface area contributed by atoms with Crippen LogP contribution >= 0.6 is 0 Å². The normalized spacial score (nSPS) is 23.2. The monoisotopic (exact) mass is 315 g/mol. The van der Waals surface area contributed by atoms with Crippen LogP contribution in [0.1, 0.15) is 12.5 Å². The third kappa shape index (κ3) is 2.33. The van der Waals surface area contributed by atoms with Crippen LogP contribution in [-0.4, -0.2) is 60.6 Å². The topological polar surface area (TPSA) is 56.6 Å². The molecule has 1 amide bonds. The molecule has 1 aromatic heterocycles.